The van der Waals surface area contributed by atoms with Crippen molar-refractivity contribution in [3.05, 3.63) is 29.8 Å². The molecule has 0 aliphatic heterocycles. The van der Waals surface area contributed by atoms with Crippen LogP contribution in [0.5, 0.6) is 0 Å². The average molecular weight is 225 g/mol. The number of hydrogen-bond acceptors (Lipinski definition) is 2. The van der Waals surface area contributed by atoms with E-state index >= 15 is 0 Å². The molecule has 4 heteroatoms. The van der Waals surface area contributed by atoms with Crippen molar-refractivity contribution >= 4 is 11.7 Å². The smallest absolute Gasteiger partial charge is 0.306 e. The number of nitrogens with one attached hydrogen (secondary N) is 1. The second-order valence-corrected chi connectivity index (χ2v) is 4.20. The molecule has 1 aromatic carbocycles. The summed E-state index contributed by atoms with van der Waals surface area (Å²) in [5, 5.41) is 11.4. The molecule has 1 atom stereocenters. The molecule has 0 aromatic heterocycles. The third kappa shape index (κ3) is 4.29. The quantitative estimate of drug-likeness (QED) is 0.809. The van der Waals surface area contributed by atoms with Crippen molar-refractivity contribution in [1.82, 2.24) is 0 Å². The number of alkyl halides is 1. The van der Waals surface area contributed by atoms with Crippen LogP contribution in [0.15, 0.2) is 24.3 Å². The predicted molar refractivity (Wildman–Crippen MR) is 61.4 cm³/mol. The molecule has 1 aromatic rings. The number of benzene rings is 1. The van der Waals surface area contributed by atoms with Crippen molar-refractivity contribution < 1.29 is 14.3 Å². The maximum atomic E-state index is 13.7. The number of carboxylic acids is 1. The molecule has 0 bridgehead atoms. The molecule has 0 radical (unpaired) electrons. The van der Waals surface area contributed by atoms with Crippen LogP contribution in [0.2, 0.25) is 0 Å². The minimum Gasteiger partial charge on any atom is -0.481 e. The molecule has 2 N–H and O–H groups in total. The van der Waals surface area contributed by atoms with E-state index in [9.17, 15) is 9.18 Å². The van der Waals surface area contributed by atoms with E-state index < -0.39 is 18.1 Å². The summed E-state index contributed by atoms with van der Waals surface area (Å²) >= 11 is 0. The summed E-state index contributed by atoms with van der Waals surface area (Å²) in [6, 6.07) is 7.50. The lowest BCUT2D eigenvalue weighted by molar-refractivity contribution is -0.139. The summed E-state index contributed by atoms with van der Waals surface area (Å²) in [7, 11) is 0. The molecule has 0 amide bonds. The molecule has 0 spiro atoms. The van der Waals surface area contributed by atoms with Crippen LogP contribution in [0.3, 0.4) is 0 Å². The first-order valence-corrected chi connectivity index (χ1v) is 5.10. The molecule has 0 fully saturated rings. The number of rotatable bonds is 5. The summed E-state index contributed by atoms with van der Waals surface area (Å²) < 4.78 is 13.7. The molecule has 0 heterocycles. The molecule has 0 saturated carbocycles. The second-order valence-electron chi connectivity index (χ2n) is 4.20. The summed E-state index contributed by atoms with van der Waals surface area (Å²) in [5.74, 6) is -1.13. The van der Waals surface area contributed by atoms with Crippen molar-refractivity contribution in [2.24, 2.45) is 0 Å². The summed E-state index contributed by atoms with van der Waals surface area (Å²) in [5.41, 5.74) is 0.176. The first-order valence-electron chi connectivity index (χ1n) is 5.10. The van der Waals surface area contributed by atoms with Gasteiger partial charge in [-0.25, -0.2) is 4.39 Å². The molecule has 1 rings (SSSR count). The van der Waals surface area contributed by atoms with Crippen LogP contribution in [0, 0.1) is 6.92 Å². The first kappa shape index (κ1) is 12.5. The van der Waals surface area contributed by atoms with E-state index in [4.69, 9.17) is 5.11 Å². The third-order valence-electron chi connectivity index (χ3n) is 2.23. The van der Waals surface area contributed by atoms with E-state index in [2.05, 4.69) is 5.32 Å². The number of carboxylic acid groups (broad SMARTS) is 1. The zero-order chi connectivity index (χ0) is 12.2. The number of halogens is 1. The van der Waals surface area contributed by atoms with Crippen LogP contribution in [0.25, 0.3) is 0 Å². The number of hydrogen-bond donors (Lipinski definition) is 2. The number of anilines is 1. The number of carbonyl (C=O) groups is 1. The molecule has 1 unspecified atom stereocenters. The van der Waals surface area contributed by atoms with Gasteiger partial charge in [-0.15, -0.1) is 0 Å². The van der Waals surface area contributed by atoms with Crippen LogP contribution in [0.1, 0.15) is 18.9 Å². The summed E-state index contributed by atoms with van der Waals surface area (Å²) in [6.45, 7) is 3.23. The van der Waals surface area contributed by atoms with Crippen molar-refractivity contribution in [3.63, 3.8) is 0 Å². The van der Waals surface area contributed by atoms with Gasteiger partial charge in [-0.3, -0.25) is 4.79 Å². The second kappa shape index (κ2) is 4.96. The van der Waals surface area contributed by atoms with Gasteiger partial charge in [0.15, 0.2) is 0 Å². The van der Waals surface area contributed by atoms with Gasteiger partial charge in [0.1, 0.15) is 5.67 Å². The summed E-state index contributed by atoms with van der Waals surface area (Å²) in [6.07, 6.45) is -0.494. The van der Waals surface area contributed by atoms with Gasteiger partial charge in [0.2, 0.25) is 0 Å². The molecular formula is C12H16FNO2. The maximum absolute atomic E-state index is 13.7. The standard InChI is InChI=1S/C12H16FNO2/c1-9-3-5-10(6-4-9)14-8-12(2,13)7-11(15)16/h3-6,14H,7-8H2,1-2H3,(H,15,16). The van der Waals surface area contributed by atoms with Crippen LogP contribution < -0.4 is 5.32 Å². The molecule has 3 nitrogen and oxygen atoms in total. The highest BCUT2D eigenvalue weighted by molar-refractivity contribution is 5.68. The van der Waals surface area contributed by atoms with Gasteiger partial charge in [-0.05, 0) is 26.0 Å². The SMILES string of the molecule is Cc1ccc(NCC(C)(F)CC(=O)O)cc1. The minimum absolute atomic E-state index is 0.0115. The van der Waals surface area contributed by atoms with Crippen LogP contribution >= 0.6 is 0 Å². The topological polar surface area (TPSA) is 49.3 Å². The largest absolute Gasteiger partial charge is 0.481 e. The van der Waals surface area contributed by atoms with Gasteiger partial charge >= 0.3 is 5.97 Å². The molecule has 0 aliphatic carbocycles. The Morgan fingerprint density at radius 3 is 2.50 bits per heavy atom. The number of aryl methyl sites for hydroxylation is 1. The Bertz CT molecular complexity index is 360. The fourth-order valence-corrected chi connectivity index (χ4v) is 1.34. The molecule has 0 saturated heterocycles. The zero-order valence-electron chi connectivity index (χ0n) is 9.46. The first-order chi connectivity index (χ1) is 7.39. The Morgan fingerprint density at radius 2 is 2.00 bits per heavy atom. The average Bonchev–Trinajstić information content (AvgIpc) is 2.15. The van der Waals surface area contributed by atoms with E-state index in [1.807, 2.05) is 31.2 Å². The molecule has 16 heavy (non-hydrogen) atoms. The molecule has 0 aliphatic rings. The maximum Gasteiger partial charge on any atom is 0.306 e. The Morgan fingerprint density at radius 1 is 1.44 bits per heavy atom. The minimum atomic E-state index is -1.74. The van der Waals surface area contributed by atoms with Crippen LogP contribution in [0.4, 0.5) is 10.1 Å². The molecule has 88 valence electrons. The van der Waals surface area contributed by atoms with Gasteiger partial charge in [0, 0.05) is 12.2 Å². The fourth-order valence-electron chi connectivity index (χ4n) is 1.34. The van der Waals surface area contributed by atoms with E-state index in [-0.39, 0.29) is 6.54 Å². The Labute approximate surface area is 94.3 Å². The third-order valence-corrected chi connectivity index (χ3v) is 2.23. The Hall–Kier alpha value is -1.58. The van der Waals surface area contributed by atoms with Crippen molar-refractivity contribution in [1.29, 1.82) is 0 Å². The van der Waals surface area contributed by atoms with Crippen LogP contribution in [-0.2, 0) is 4.79 Å². The Kier molecular flexibility index (Phi) is 3.88. The monoisotopic (exact) mass is 225 g/mol. The lowest BCUT2D eigenvalue weighted by atomic mass is 10.0. The van der Waals surface area contributed by atoms with E-state index in [1.54, 1.807) is 0 Å². The lowest BCUT2D eigenvalue weighted by Crippen LogP contribution is -2.31. The van der Waals surface area contributed by atoms with Crippen molar-refractivity contribution in [2.45, 2.75) is 25.9 Å². The molecular weight excluding hydrogens is 209 g/mol. The number of aliphatic carboxylic acids is 1. The van der Waals surface area contributed by atoms with Gasteiger partial charge < -0.3 is 10.4 Å². The lowest BCUT2D eigenvalue weighted by Gasteiger charge is -2.19. The fraction of sp³-hybridized carbons (Fsp3) is 0.417. The highest BCUT2D eigenvalue weighted by atomic mass is 19.1. The highest BCUT2D eigenvalue weighted by Gasteiger charge is 2.26. The van der Waals surface area contributed by atoms with Crippen LogP contribution in [-0.4, -0.2) is 23.3 Å². The van der Waals surface area contributed by atoms with E-state index in [0.29, 0.717) is 0 Å². The van der Waals surface area contributed by atoms with Gasteiger partial charge in [0.25, 0.3) is 0 Å². The van der Waals surface area contributed by atoms with E-state index in [1.165, 1.54) is 6.92 Å². The van der Waals surface area contributed by atoms with Crippen molar-refractivity contribution in [2.75, 3.05) is 11.9 Å². The normalized spacial score (nSPS) is 14.2. The summed E-state index contributed by atoms with van der Waals surface area (Å²) in [4.78, 5) is 10.4. The van der Waals surface area contributed by atoms with E-state index in [0.717, 1.165) is 11.3 Å². The zero-order valence-corrected chi connectivity index (χ0v) is 9.46. The highest BCUT2D eigenvalue weighted by Crippen LogP contribution is 2.17. The predicted octanol–water partition coefficient (Wildman–Crippen LogP) is 2.61. The van der Waals surface area contributed by atoms with Gasteiger partial charge in [0.05, 0.1) is 6.42 Å². The van der Waals surface area contributed by atoms with Crippen molar-refractivity contribution in [3.8, 4) is 0 Å². The van der Waals surface area contributed by atoms with Gasteiger partial charge in [-0.2, -0.15) is 0 Å². The Balaban J connectivity index is 2.50. The van der Waals surface area contributed by atoms with Gasteiger partial charge in [-0.1, -0.05) is 17.7 Å².